The SMILES string of the molecule is Cc1cc(C)cc([N-]S(=O)(=O)c2ccc(F)cc2)c1. The van der Waals surface area contributed by atoms with Gasteiger partial charge < -0.3 is 4.72 Å². The first-order chi connectivity index (χ1) is 8.87. The predicted octanol–water partition coefficient (Wildman–Crippen LogP) is 3.84. The Bertz CT molecular complexity index is 674. The fraction of sp³-hybridized carbons (Fsp3) is 0.143. The minimum atomic E-state index is -3.81. The van der Waals surface area contributed by atoms with Crippen LogP contribution in [0.4, 0.5) is 10.1 Å². The lowest BCUT2D eigenvalue weighted by Gasteiger charge is -2.22. The first kappa shape index (κ1) is 13.5. The molecule has 0 radical (unpaired) electrons. The molecule has 0 saturated heterocycles. The van der Waals surface area contributed by atoms with Crippen molar-refractivity contribution in [2.45, 2.75) is 18.7 Å². The second kappa shape index (κ2) is 5.01. The molecule has 0 heterocycles. The number of halogens is 1. The first-order valence-electron chi connectivity index (χ1n) is 5.69. The summed E-state index contributed by atoms with van der Waals surface area (Å²) in [6.07, 6.45) is 0. The molecule has 0 amide bonds. The van der Waals surface area contributed by atoms with E-state index in [1.54, 1.807) is 12.1 Å². The molecule has 2 rings (SSSR count). The van der Waals surface area contributed by atoms with Crippen LogP contribution in [0.15, 0.2) is 47.4 Å². The summed E-state index contributed by atoms with van der Waals surface area (Å²) in [5.74, 6) is -0.481. The molecule has 5 heteroatoms. The molecule has 0 atom stereocenters. The van der Waals surface area contributed by atoms with E-state index in [-0.39, 0.29) is 4.90 Å². The Hall–Kier alpha value is -1.88. The zero-order valence-corrected chi connectivity index (χ0v) is 11.4. The smallest absolute Gasteiger partial charge is 0.123 e. The van der Waals surface area contributed by atoms with E-state index in [1.165, 1.54) is 12.1 Å². The molecule has 0 aliphatic heterocycles. The fourth-order valence-electron chi connectivity index (χ4n) is 1.80. The average Bonchev–Trinajstić information content (AvgIpc) is 2.27. The average molecular weight is 278 g/mol. The van der Waals surface area contributed by atoms with Crippen molar-refractivity contribution in [3.05, 3.63) is 64.1 Å². The number of nitrogens with zero attached hydrogens (tertiary/aromatic N) is 1. The molecule has 0 aromatic heterocycles. The third-order valence-corrected chi connectivity index (χ3v) is 3.86. The van der Waals surface area contributed by atoms with Gasteiger partial charge >= 0.3 is 0 Å². The molecule has 0 fully saturated rings. The minimum absolute atomic E-state index is 0.0203. The largest absolute Gasteiger partial charge is 0.573 e. The highest BCUT2D eigenvalue weighted by atomic mass is 32.2. The third kappa shape index (κ3) is 3.32. The summed E-state index contributed by atoms with van der Waals surface area (Å²) in [5.41, 5.74) is 2.25. The van der Waals surface area contributed by atoms with Crippen LogP contribution in [-0.2, 0) is 10.0 Å². The van der Waals surface area contributed by atoms with Crippen molar-refractivity contribution in [3.8, 4) is 0 Å². The van der Waals surface area contributed by atoms with Gasteiger partial charge in [-0.15, -0.1) is 5.69 Å². The molecule has 0 aliphatic rings. The van der Waals surface area contributed by atoms with Gasteiger partial charge in [0, 0.05) is 0 Å². The molecule has 100 valence electrons. The van der Waals surface area contributed by atoms with Crippen molar-refractivity contribution in [2.24, 2.45) is 0 Å². The van der Waals surface area contributed by atoms with Gasteiger partial charge in [-0.25, -0.2) is 12.8 Å². The number of sulfonamides is 1. The van der Waals surface area contributed by atoms with Crippen LogP contribution in [-0.4, -0.2) is 8.42 Å². The van der Waals surface area contributed by atoms with Gasteiger partial charge in [-0.2, -0.15) is 0 Å². The Morgan fingerprint density at radius 1 is 0.947 bits per heavy atom. The lowest BCUT2D eigenvalue weighted by Crippen LogP contribution is -1.98. The van der Waals surface area contributed by atoms with Crippen LogP contribution in [0.1, 0.15) is 11.1 Å². The van der Waals surface area contributed by atoms with E-state index >= 15 is 0 Å². The maximum absolute atomic E-state index is 12.8. The zero-order valence-electron chi connectivity index (χ0n) is 10.6. The molecular formula is C14H13FNO2S-. The number of rotatable bonds is 3. The van der Waals surface area contributed by atoms with Gasteiger partial charge in [-0.3, -0.25) is 0 Å². The van der Waals surface area contributed by atoms with Gasteiger partial charge in [0.15, 0.2) is 0 Å². The molecule has 0 N–H and O–H groups in total. The normalized spacial score (nSPS) is 11.3. The van der Waals surface area contributed by atoms with Crippen molar-refractivity contribution >= 4 is 15.7 Å². The Kier molecular flexibility index (Phi) is 3.57. The second-order valence-corrected chi connectivity index (χ2v) is 5.97. The van der Waals surface area contributed by atoms with E-state index in [2.05, 4.69) is 4.72 Å². The molecule has 19 heavy (non-hydrogen) atoms. The minimum Gasteiger partial charge on any atom is -0.573 e. The number of hydrogen-bond acceptors (Lipinski definition) is 2. The summed E-state index contributed by atoms with van der Waals surface area (Å²) in [6, 6.07) is 9.92. The summed E-state index contributed by atoms with van der Waals surface area (Å²) in [6.45, 7) is 3.74. The topological polar surface area (TPSA) is 48.2 Å². The van der Waals surface area contributed by atoms with Crippen LogP contribution >= 0.6 is 0 Å². The molecule has 0 saturated carbocycles. The van der Waals surface area contributed by atoms with Crippen LogP contribution in [0.2, 0.25) is 0 Å². The summed E-state index contributed by atoms with van der Waals surface area (Å²) in [4.78, 5) is -0.0203. The molecule has 2 aromatic carbocycles. The lowest BCUT2D eigenvalue weighted by atomic mass is 10.1. The third-order valence-electron chi connectivity index (χ3n) is 2.54. The Labute approximate surface area is 112 Å². The second-order valence-electron chi connectivity index (χ2n) is 4.37. The van der Waals surface area contributed by atoms with Crippen molar-refractivity contribution < 1.29 is 12.8 Å². The van der Waals surface area contributed by atoms with E-state index in [9.17, 15) is 12.8 Å². The predicted molar refractivity (Wildman–Crippen MR) is 72.5 cm³/mol. The van der Waals surface area contributed by atoms with Crippen molar-refractivity contribution in [3.63, 3.8) is 0 Å². The molecule has 0 bridgehead atoms. The maximum Gasteiger partial charge on any atom is 0.123 e. The van der Waals surface area contributed by atoms with E-state index in [4.69, 9.17) is 0 Å². The number of benzene rings is 2. The molecule has 3 nitrogen and oxygen atoms in total. The summed E-state index contributed by atoms with van der Waals surface area (Å²) in [7, 11) is -3.81. The van der Waals surface area contributed by atoms with Crippen LogP contribution in [0, 0.1) is 19.7 Å². The molecular weight excluding hydrogens is 265 g/mol. The van der Waals surface area contributed by atoms with Gasteiger partial charge in [-0.05, 0) is 38.1 Å². The van der Waals surface area contributed by atoms with Gasteiger partial charge in [0.05, 0.1) is 4.90 Å². The van der Waals surface area contributed by atoms with Crippen molar-refractivity contribution in [1.82, 2.24) is 0 Å². The summed E-state index contributed by atoms with van der Waals surface area (Å²) in [5, 5.41) is 0. The van der Waals surface area contributed by atoms with Gasteiger partial charge in [0.1, 0.15) is 15.8 Å². The van der Waals surface area contributed by atoms with Crippen LogP contribution < -0.4 is 0 Å². The molecule has 0 aliphatic carbocycles. The summed E-state index contributed by atoms with van der Waals surface area (Å²) < 4.78 is 40.6. The fourth-order valence-corrected chi connectivity index (χ4v) is 2.77. The Morgan fingerprint density at radius 2 is 1.47 bits per heavy atom. The molecule has 0 spiro atoms. The van der Waals surface area contributed by atoms with E-state index in [0.717, 1.165) is 23.3 Å². The van der Waals surface area contributed by atoms with Gasteiger partial charge in [-0.1, -0.05) is 29.3 Å². The highest BCUT2D eigenvalue weighted by Crippen LogP contribution is 2.29. The highest BCUT2D eigenvalue weighted by molar-refractivity contribution is 7.94. The van der Waals surface area contributed by atoms with Crippen LogP contribution in [0.3, 0.4) is 0 Å². The quantitative estimate of drug-likeness (QED) is 0.856. The van der Waals surface area contributed by atoms with E-state index in [0.29, 0.717) is 5.69 Å². The van der Waals surface area contributed by atoms with E-state index < -0.39 is 15.8 Å². The van der Waals surface area contributed by atoms with Gasteiger partial charge in [0.2, 0.25) is 0 Å². The zero-order chi connectivity index (χ0) is 14.0. The highest BCUT2D eigenvalue weighted by Gasteiger charge is 2.05. The number of hydrogen-bond donors (Lipinski definition) is 0. The summed E-state index contributed by atoms with van der Waals surface area (Å²) >= 11 is 0. The molecule has 0 unspecified atom stereocenters. The Balaban J connectivity index is 2.33. The van der Waals surface area contributed by atoms with E-state index in [1.807, 2.05) is 19.9 Å². The van der Waals surface area contributed by atoms with Gasteiger partial charge in [0.25, 0.3) is 0 Å². The first-order valence-corrected chi connectivity index (χ1v) is 7.13. The standard InChI is InChI=1S/C14H13FNO2S/c1-10-7-11(2)9-13(8-10)16-19(17,18)14-5-3-12(15)4-6-14/h3-9H,1-2H3/q-1. The van der Waals surface area contributed by atoms with Crippen molar-refractivity contribution in [1.29, 1.82) is 0 Å². The van der Waals surface area contributed by atoms with Crippen LogP contribution in [0.25, 0.3) is 4.72 Å². The molecule has 2 aromatic rings. The number of aryl methyl sites for hydroxylation is 2. The lowest BCUT2D eigenvalue weighted by molar-refractivity contribution is 0.601. The maximum atomic E-state index is 12.8. The van der Waals surface area contributed by atoms with Crippen LogP contribution in [0.5, 0.6) is 0 Å². The van der Waals surface area contributed by atoms with Crippen molar-refractivity contribution in [2.75, 3.05) is 0 Å². The monoisotopic (exact) mass is 278 g/mol. The Morgan fingerprint density at radius 3 is 2.00 bits per heavy atom.